The molecule has 2 aromatic heterocycles. The molecular weight excluding hydrogens is 423 g/mol. The van der Waals surface area contributed by atoms with Crippen LogP contribution in [-0.2, 0) is 6.42 Å². The van der Waals surface area contributed by atoms with Crippen molar-refractivity contribution in [1.82, 2.24) is 14.9 Å². The van der Waals surface area contributed by atoms with Crippen LogP contribution in [0.5, 0.6) is 0 Å². The van der Waals surface area contributed by atoms with Crippen molar-refractivity contribution < 1.29 is 0 Å². The van der Waals surface area contributed by atoms with Crippen molar-refractivity contribution >= 4 is 48.2 Å². The van der Waals surface area contributed by atoms with E-state index >= 15 is 0 Å². The highest BCUT2D eigenvalue weighted by atomic mass is 35.5. The second-order valence-corrected chi connectivity index (χ2v) is 7.85. The summed E-state index contributed by atoms with van der Waals surface area (Å²) in [5.41, 5.74) is 7.81. The van der Waals surface area contributed by atoms with Gasteiger partial charge in [0.05, 0.1) is 28.4 Å². The first-order valence-electron chi connectivity index (χ1n) is 9.18. The van der Waals surface area contributed by atoms with Gasteiger partial charge in [0.25, 0.3) is 0 Å². The molecule has 0 saturated carbocycles. The number of thiazole rings is 1. The molecule has 0 radical (unpaired) electrons. The molecule has 0 fully saturated rings. The van der Waals surface area contributed by atoms with E-state index in [0.717, 1.165) is 40.6 Å². The molecule has 0 aliphatic heterocycles. The molecule has 0 saturated heterocycles. The highest BCUT2D eigenvalue weighted by Gasteiger charge is 2.10. The Morgan fingerprint density at radius 2 is 1.83 bits per heavy atom. The van der Waals surface area contributed by atoms with Crippen LogP contribution in [0.25, 0.3) is 11.4 Å². The number of aromatic nitrogens is 2. The Bertz CT molecular complexity index is 952. The molecule has 2 heterocycles. The lowest BCUT2D eigenvalue weighted by Crippen LogP contribution is -2.14. The summed E-state index contributed by atoms with van der Waals surface area (Å²) in [6.07, 6.45) is 4.61. The fourth-order valence-corrected chi connectivity index (χ4v) is 3.54. The molecular formula is C22H28Cl2N4S. The van der Waals surface area contributed by atoms with Crippen molar-refractivity contribution in [2.45, 2.75) is 34.1 Å². The van der Waals surface area contributed by atoms with Gasteiger partial charge in [0.15, 0.2) is 0 Å². The SMILES string of the molecule is CCN(C)C=Nc1cc(C)c(Cc2nc(-c3ccc(C)cn3)cs2)cc1C.Cl.Cl. The molecule has 29 heavy (non-hydrogen) atoms. The maximum Gasteiger partial charge on any atom is 0.0998 e. The Morgan fingerprint density at radius 1 is 1.07 bits per heavy atom. The van der Waals surface area contributed by atoms with Crippen molar-refractivity contribution in [3.05, 3.63) is 63.1 Å². The van der Waals surface area contributed by atoms with Gasteiger partial charge >= 0.3 is 0 Å². The maximum atomic E-state index is 4.79. The van der Waals surface area contributed by atoms with Crippen LogP contribution in [0.3, 0.4) is 0 Å². The number of hydrogen-bond donors (Lipinski definition) is 0. The van der Waals surface area contributed by atoms with Gasteiger partial charge in [0.2, 0.25) is 0 Å². The van der Waals surface area contributed by atoms with Crippen LogP contribution in [0.4, 0.5) is 5.69 Å². The normalized spacial score (nSPS) is 10.5. The number of halogens is 2. The van der Waals surface area contributed by atoms with Crippen LogP contribution in [-0.4, -0.2) is 34.8 Å². The van der Waals surface area contributed by atoms with E-state index in [1.165, 1.54) is 16.7 Å². The lowest BCUT2D eigenvalue weighted by Gasteiger charge is -2.11. The summed E-state index contributed by atoms with van der Waals surface area (Å²) in [5.74, 6) is 0. The van der Waals surface area contributed by atoms with E-state index in [2.05, 4.69) is 59.2 Å². The molecule has 0 unspecified atom stereocenters. The third-order valence-corrected chi connectivity index (χ3v) is 5.46. The van der Waals surface area contributed by atoms with Crippen molar-refractivity contribution in [3.63, 3.8) is 0 Å². The molecule has 156 valence electrons. The summed E-state index contributed by atoms with van der Waals surface area (Å²) in [4.78, 5) is 16.0. The highest BCUT2D eigenvalue weighted by Crippen LogP contribution is 2.27. The largest absolute Gasteiger partial charge is 0.366 e. The van der Waals surface area contributed by atoms with E-state index in [4.69, 9.17) is 4.98 Å². The molecule has 0 amide bonds. The monoisotopic (exact) mass is 450 g/mol. The Labute approximate surface area is 190 Å². The van der Waals surface area contributed by atoms with Gasteiger partial charge in [-0.25, -0.2) is 9.98 Å². The molecule has 0 aliphatic carbocycles. The topological polar surface area (TPSA) is 41.4 Å². The highest BCUT2D eigenvalue weighted by molar-refractivity contribution is 7.10. The number of aryl methyl sites for hydroxylation is 3. The van der Waals surface area contributed by atoms with Gasteiger partial charge in [-0.3, -0.25) is 4.98 Å². The zero-order chi connectivity index (χ0) is 19.4. The number of benzene rings is 1. The lowest BCUT2D eigenvalue weighted by molar-refractivity contribution is 0.552. The summed E-state index contributed by atoms with van der Waals surface area (Å²) in [6.45, 7) is 9.37. The van der Waals surface area contributed by atoms with Crippen LogP contribution >= 0.6 is 36.2 Å². The van der Waals surface area contributed by atoms with Gasteiger partial charge in [-0.15, -0.1) is 36.2 Å². The van der Waals surface area contributed by atoms with Crippen molar-refractivity contribution in [1.29, 1.82) is 0 Å². The molecule has 0 spiro atoms. The molecule has 4 nitrogen and oxygen atoms in total. The van der Waals surface area contributed by atoms with E-state index in [0.29, 0.717) is 0 Å². The summed E-state index contributed by atoms with van der Waals surface area (Å²) in [7, 11) is 2.03. The number of nitrogens with zero attached hydrogens (tertiary/aromatic N) is 4. The van der Waals surface area contributed by atoms with Crippen LogP contribution < -0.4 is 0 Å². The predicted octanol–water partition coefficient (Wildman–Crippen LogP) is 6.18. The summed E-state index contributed by atoms with van der Waals surface area (Å²) < 4.78 is 0. The Morgan fingerprint density at radius 3 is 2.48 bits per heavy atom. The first-order chi connectivity index (χ1) is 13.0. The van der Waals surface area contributed by atoms with E-state index in [1.807, 2.05) is 32.6 Å². The molecule has 0 atom stereocenters. The van der Waals surface area contributed by atoms with E-state index in [9.17, 15) is 0 Å². The van der Waals surface area contributed by atoms with Crippen molar-refractivity contribution in [3.8, 4) is 11.4 Å². The minimum atomic E-state index is 0. The van der Waals surface area contributed by atoms with E-state index < -0.39 is 0 Å². The van der Waals surface area contributed by atoms with Crippen LogP contribution in [0, 0.1) is 20.8 Å². The fourth-order valence-electron chi connectivity index (χ4n) is 2.72. The number of rotatable bonds is 6. The standard InChI is InChI=1S/C22H26N4S.2ClH/c1-6-26(5)14-24-20-10-16(3)18(9-17(20)4)11-22-25-21(13-27-22)19-8-7-15(2)12-23-19;;/h7-10,12-14H,6,11H2,1-5H3;2*1H. The zero-order valence-electron chi connectivity index (χ0n) is 17.5. The quantitative estimate of drug-likeness (QED) is 0.332. The minimum absolute atomic E-state index is 0. The molecule has 7 heteroatoms. The van der Waals surface area contributed by atoms with Gasteiger partial charge in [-0.05, 0) is 62.1 Å². The van der Waals surface area contributed by atoms with Gasteiger partial charge in [-0.1, -0.05) is 12.1 Å². The third-order valence-electron chi connectivity index (χ3n) is 4.61. The van der Waals surface area contributed by atoms with Gasteiger partial charge in [0.1, 0.15) is 0 Å². The van der Waals surface area contributed by atoms with Gasteiger partial charge in [-0.2, -0.15) is 0 Å². The lowest BCUT2D eigenvalue weighted by atomic mass is 10.0. The van der Waals surface area contributed by atoms with E-state index in [-0.39, 0.29) is 24.8 Å². The van der Waals surface area contributed by atoms with Crippen LogP contribution in [0.15, 0.2) is 40.8 Å². The summed E-state index contributed by atoms with van der Waals surface area (Å²) in [5, 5.41) is 3.20. The molecule has 0 bridgehead atoms. The van der Waals surface area contributed by atoms with Crippen LogP contribution in [0.1, 0.15) is 34.2 Å². The average molecular weight is 451 g/mol. The average Bonchev–Trinajstić information content (AvgIpc) is 3.12. The van der Waals surface area contributed by atoms with Gasteiger partial charge in [0, 0.05) is 31.6 Å². The smallest absolute Gasteiger partial charge is 0.0998 e. The maximum absolute atomic E-state index is 4.79. The summed E-state index contributed by atoms with van der Waals surface area (Å²) in [6, 6.07) is 8.51. The second kappa shape index (κ2) is 11.3. The third kappa shape index (κ3) is 6.53. The van der Waals surface area contributed by atoms with Crippen molar-refractivity contribution in [2.75, 3.05) is 13.6 Å². The van der Waals surface area contributed by atoms with Crippen LogP contribution in [0.2, 0.25) is 0 Å². The Hall–Kier alpha value is -1.95. The zero-order valence-corrected chi connectivity index (χ0v) is 19.9. The second-order valence-electron chi connectivity index (χ2n) is 6.91. The number of aliphatic imine (C=N–C) groups is 1. The first-order valence-corrected chi connectivity index (χ1v) is 10.1. The first kappa shape index (κ1) is 25.1. The van der Waals surface area contributed by atoms with Crippen molar-refractivity contribution in [2.24, 2.45) is 4.99 Å². The molecule has 1 aromatic carbocycles. The fraction of sp³-hybridized carbons (Fsp3) is 0.318. The Balaban J connectivity index is 0.00000210. The Kier molecular flexibility index (Phi) is 9.77. The summed E-state index contributed by atoms with van der Waals surface area (Å²) >= 11 is 1.69. The van der Waals surface area contributed by atoms with E-state index in [1.54, 1.807) is 11.3 Å². The molecule has 0 N–H and O–H groups in total. The number of pyridine rings is 1. The predicted molar refractivity (Wildman–Crippen MR) is 130 cm³/mol. The minimum Gasteiger partial charge on any atom is -0.366 e. The molecule has 0 aliphatic rings. The molecule has 3 rings (SSSR count). The number of hydrogen-bond acceptors (Lipinski definition) is 4. The molecule has 3 aromatic rings. The van der Waals surface area contributed by atoms with Gasteiger partial charge < -0.3 is 4.90 Å².